The molecular formula is C17H16N2O6S. The SMILES string of the molecule is COc1cc(SC)ccc1C(=O)OCC(=O)Nc1cccc([N+](=O)[O-])c1. The summed E-state index contributed by atoms with van der Waals surface area (Å²) in [4.78, 5) is 35.1. The lowest BCUT2D eigenvalue weighted by Gasteiger charge is -2.10. The fraction of sp³-hybridized carbons (Fsp3) is 0.176. The van der Waals surface area contributed by atoms with Gasteiger partial charge in [0, 0.05) is 22.7 Å². The highest BCUT2D eigenvalue weighted by atomic mass is 32.2. The van der Waals surface area contributed by atoms with Gasteiger partial charge in [0.2, 0.25) is 0 Å². The smallest absolute Gasteiger partial charge is 0.342 e. The summed E-state index contributed by atoms with van der Waals surface area (Å²) in [6, 6.07) is 10.5. The van der Waals surface area contributed by atoms with Gasteiger partial charge in [0.25, 0.3) is 11.6 Å². The van der Waals surface area contributed by atoms with E-state index in [-0.39, 0.29) is 16.9 Å². The molecule has 8 nitrogen and oxygen atoms in total. The van der Waals surface area contributed by atoms with Crippen LogP contribution in [0, 0.1) is 10.1 Å². The number of hydrogen-bond acceptors (Lipinski definition) is 7. The predicted molar refractivity (Wildman–Crippen MR) is 96.8 cm³/mol. The minimum Gasteiger partial charge on any atom is -0.496 e. The summed E-state index contributed by atoms with van der Waals surface area (Å²) in [6.07, 6.45) is 1.89. The maximum absolute atomic E-state index is 12.1. The largest absolute Gasteiger partial charge is 0.496 e. The second-order valence-corrected chi connectivity index (χ2v) is 5.88. The zero-order valence-electron chi connectivity index (χ0n) is 14.1. The predicted octanol–water partition coefficient (Wildman–Crippen LogP) is 3.12. The first-order chi connectivity index (χ1) is 12.4. The number of thioether (sulfide) groups is 1. The third-order valence-corrected chi connectivity index (χ3v) is 4.03. The van der Waals surface area contributed by atoms with E-state index in [0.717, 1.165) is 4.90 Å². The number of nitro groups is 1. The molecule has 0 heterocycles. The third-order valence-electron chi connectivity index (χ3n) is 3.30. The van der Waals surface area contributed by atoms with Gasteiger partial charge in [0.05, 0.1) is 12.0 Å². The van der Waals surface area contributed by atoms with Crippen LogP contribution in [0.2, 0.25) is 0 Å². The van der Waals surface area contributed by atoms with Crippen molar-refractivity contribution in [3.63, 3.8) is 0 Å². The number of carbonyl (C=O) groups excluding carboxylic acids is 2. The molecule has 0 aromatic heterocycles. The summed E-state index contributed by atoms with van der Waals surface area (Å²) in [5, 5.41) is 13.2. The van der Waals surface area contributed by atoms with E-state index < -0.39 is 23.4 Å². The number of nitro benzene ring substituents is 1. The quantitative estimate of drug-likeness (QED) is 0.342. The van der Waals surface area contributed by atoms with E-state index in [9.17, 15) is 19.7 Å². The first-order valence-corrected chi connectivity index (χ1v) is 8.60. The first kappa shape index (κ1) is 19.3. The molecule has 2 aromatic carbocycles. The summed E-state index contributed by atoms with van der Waals surface area (Å²) < 4.78 is 10.2. The summed E-state index contributed by atoms with van der Waals surface area (Å²) in [5.74, 6) is -0.969. The molecule has 0 spiro atoms. The van der Waals surface area contributed by atoms with Gasteiger partial charge in [-0.1, -0.05) is 6.07 Å². The molecule has 0 aliphatic carbocycles. The molecule has 1 N–H and O–H groups in total. The van der Waals surface area contributed by atoms with E-state index in [0.29, 0.717) is 5.75 Å². The lowest BCUT2D eigenvalue weighted by Crippen LogP contribution is -2.21. The van der Waals surface area contributed by atoms with Crippen molar-refractivity contribution in [3.05, 3.63) is 58.1 Å². The topological polar surface area (TPSA) is 108 Å². The molecule has 0 saturated heterocycles. The number of nitrogens with one attached hydrogen (secondary N) is 1. The Balaban J connectivity index is 1.98. The number of anilines is 1. The van der Waals surface area contributed by atoms with Crippen molar-refractivity contribution < 1.29 is 24.0 Å². The van der Waals surface area contributed by atoms with Crippen LogP contribution < -0.4 is 10.1 Å². The Morgan fingerprint density at radius 1 is 1.23 bits per heavy atom. The Kier molecular flexibility index (Phi) is 6.56. The average molecular weight is 376 g/mol. The fourth-order valence-electron chi connectivity index (χ4n) is 2.07. The Morgan fingerprint density at radius 2 is 2.00 bits per heavy atom. The molecule has 0 atom stereocenters. The van der Waals surface area contributed by atoms with Crippen molar-refractivity contribution in [1.82, 2.24) is 0 Å². The molecule has 136 valence electrons. The number of benzene rings is 2. The molecule has 0 unspecified atom stereocenters. The highest BCUT2D eigenvalue weighted by Crippen LogP contribution is 2.26. The molecule has 1 amide bonds. The highest BCUT2D eigenvalue weighted by molar-refractivity contribution is 7.98. The minimum atomic E-state index is -0.705. The fourth-order valence-corrected chi connectivity index (χ4v) is 2.50. The zero-order valence-corrected chi connectivity index (χ0v) is 14.9. The lowest BCUT2D eigenvalue weighted by molar-refractivity contribution is -0.384. The van der Waals surface area contributed by atoms with Gasteiger partial charge in [-0.05, 0) is 30.5 Å². The number of non-ortho nitro benzene ring substituents is 1. The number of carbonyl (C=O) groups is 2. The number of methoxy groups -OCH3 is 1. The van der Waals surface area contributed by atoms with Crippen LogP contribution in [0.25, 0.3) is 0 Å². The molecule has 9 heteroatoms. The van der Waals surface area contributed by atoms with E-state index in [1.54, 1.807) is 18.2 Å². The van der Waals surface area contributed by atoms with Crippen LogP contribution >= 0.6 is 11.8 Å². The summed E-state index contributed by atoms with van der Waals surface area (Å²) in [5.41, 5.74) is 0.286. The number of nitrogens with zero attached hydrogens (tertiary/aromatic N) is 1. The molecule has 0 bridgehead atoms. The number of rotatable bonds is 7. The lowest BCUT2D eigenvalue weighted by atomic mass is 10.2. The van der Waals surface area contributed by atoms with E-state index in [1.165, 1.54) is 43.1 Å². The molecule has 2 rings (SSSR count). The van der Waals surface area contributed by atoms with E-state index in [2.05, 4.69) is 5.32 Å². The molecular weight excluding hydrogens is 360 g/mol. The number of ether oxygens (including phenoxy) is 2. The Hall–Kier alpha value is -3.07. The van der Waals surface area contributed by atoms with Gasteiger partial charge < -0.3 is 14.8 Å². The molecule has 0 aliphatic heterocycles. The van der Waals surface area contributed by atoms with Gasteiger partial charge in [-0.3, -0.25) is 14.9 Å². The van der Waals surface area contributed by atoms with Crippen LogP contribution in [0.4, 0.5) is 11.4 Å². The second kappa shape index (κ2) is 8.86. The Morgan fingerprint density at radius 3 is 2.65 bits per heavy atom. The molecule has 2 aromatic rings. The summed E-state index contributed by atoms with van der Waals surface area (Å²) >= 11 is 1.50. The van der Waals surface area contributed by atoms with Crippen LogP contribution in [0.1, 0.15) is 10.4 Å². The molecule has 26 heavy (non-hydrogen) atoms. The maximum atomic E-state index is 12.1. The van der Waals surface area contributed by atoms with Crippen molar-refractivity contribution >= 4 is 35.0 Å². The van der Waals surface area contributed by atoms with Crippen LogP contribution in [-0.2, 0) is 9.53 Å². The number of amides is 1. The second-order valence-electron chi connectivity index (χ2n) is 5.00. The molecule has 0 saturated carbocycles. The van der Waals surface area contributed by atoms with E-state index >= 15 is 0 Å². The summed E-state index contributed by atoms with van der Waals surface area (Å²) in [7, 11) is 1.44. The zero-order chi connectivity index (χ0) is 19.1. The van der Waals surface area contributed by atoms with Gasteiger partial charge in [0.1, 0.15) is 11.3 Å². The third kappa shape index (κ3) is 4.96. The maximum Gasteiger partial charge on any atom is 0.342 e. The normalized spacial score (nSPS) is 10.1. The average Bonchev–Trinajstić information content (AvgIpc) is 2.65. The van der Waals surface area contributed by atoms with Crippen LogP contribution in [0.15, 0.2) is 47.4 Å². The molecule has 0 radical (unpaired) electrons. The molecule has 0 aliphatic rings. The Bertz CT molecular complexity index is 840. The molecule has 0 fully saturated rings. The van der Waals surface area contributed by atoms with Crippen LogP contribution in [-0.4, -0.2) is 36.8 Å². The van der Waals surface area contributed by atoms with Crippen molar-refractivity contribution in [3.8, 4) is 5.75 Å². The van der Waals surface area contributed by atoms with Crippen LogP contribution in [0.3, 0.4) is 0 Å². The van der Waals surface area contributed by atoms with Crippen molar-refractivity contribution in [2.45, 2.75) is 4.90 Å². The van der Waals surface area contributed by atoms with Gasteiger partial charge in [-0.25, -0.2) is 4.79 Å². The first-order valence-electron chi connectivity index (χ1n) is 7.38. The minimum absolute atomic E-state index is 0.154. The monoisotopic (exact) mass is 376 g/mol. The van der Waals surface area contributed by atoms with E-state index in [1.807, 2.05) is 6.26 Å². The Labute approximate surface area is 153 Å². The van der Waals surface area contributed by atoms with Gasteiger partial charge in [0.15, 0.2) is 6.61 Å². The van der Waals surface area contributed by atoms with Gasteiger partial charge >= 0.3 is 5.97 Å². The standard InChI is InChI=1S/C17H16N2O6S/c1-24-15-9-13(26-2)6-7-14(15)17(21)25-10-16(20)18-11-4-3-5-12(8-11)19(22)23/h3-9H,10H2,1-2H3,(H,18,20). The summed E-state index contributed by atoms with van der Waals surface area (Å²) in [6.45, 7) is -0.533. The highest BCUT2D eigenvalue weighted by Gasteiger charge is 2.16. The van der Waals surface area contributed by atoms with Gasteiger partial charge in [-0.2, -0.15) is 0 Å². The van der Waals surface area contributed by atoms with Crippen molar-refractivity contribution in [2.24, 2.45) is 0 Å². The van der Waals surface area contributed by atoms with Crippen LogP contribution in [0.5, 0.6) is 5.75 Å². The number of esters is 1. The van der Waals surface area contributed by atoms with Gasteiger partial charge in [-0.15, -0.1) is 11.8 Å². The number of hydrogen-bond donors (Lipinski definition) is 1. The van der Waals surface area contributed by atoms with E-state index in [4.69, 9.17) is 9.47 Å². The van der Waals surface area contributed by atoms with Crippen molar-refractivity contribution in [2.75, 3.05) is 25.3 Å². The van der Waals surface area contributed by atoms with Crippen molar-refractivity contribution in [1.29, 1.82) is 0 Å².